The molecule has 0 heterocycles. The summed E-state index contributed by atoms with van der Waals surface area (Å²) in [7, 11) is -4.34. The first-order valence-electron chi connectivity index (χ1n) is 6.34. The van der Waals surface area contributed by atoms with E-state index in [4.69, 9.17) is 5.73 Å². The Morgan fingerprint density at radius 1 is 1.24 bits per heavy atom. The molecule has 21 heavy (non-hydrogen) atoms. The first-order valence-corrected chi connectivity index (χ1v) is 7.82. The summed E-state index contributed by atoms with van der Waals surface area (Å²) >= 11 is 0. The fraction of sp³-hybridized carbons (Fsp3) is 0.538. The Kier molecular flexibility index (Phi) is 5.07. The molecule has 0 spiro atoms. The number of nitrogens with two attached hydrogens (primary N) is 1. The predicted molar refractivity (Wildman–Crippen MR) is 74.1 cm³/mol. The van der Waals surface area contributed by atoms with Crippen LogP contribution < -0.4 is 10.5 Å². The highest BCUT2D eigenvalue weighted by Gasteiger charge is 2.39. The number of rotatable bonds is 5. The van der Waals surface area contributed by atoms with Crippen LogP contribution in [-0.4, -0.2) is 20.5 Å². The minimum absolute atomic E-state index is 0.0297. The van der Waals surface area contributed by atoms with Crippen LogP contribution in [-0.2, 0) is 16.2 Å². The van der Waals surface area contributed by atoms with Crippen LogP contribution in [0.4, 0.5) is 13.2 Å². The van der Waals surface area contributed by atoms with E-state index in [0.29, 0.717) is 0 Å². The lowest BCUT2D eigenvalue weighted by Gasteiger charge is -2.33. The van der Waals surface area contributed by atoms with E-state index < -0.39 is 32.2 Å². The van der Waals surface area contributed by atoms with Crippen LogP contribution in [0.1, 0.15) is 26.3 Å². The molecule has 3 N–H and O–H groups in total. The molecule has 0 fully saturated rings. The summed E-state index contributed by atoms with van der Waals surface area (Å²) in [4.78, 5) is -0.794. The zero-order chi connectivity index (χ0) is 16.5. The van der Waals surface area contributed by atoms with Crippen molar-refractivity contribution in [3.05, 3.63) is 29.8 Å². The van der Waals surface area contributed by atoms with Crippen LogP contribution in [0.5, 0.6) is 0 Å². The van der Waals surface area contributed by atoms with Gasteiger partial charge in [0.15, 0.2) is 0 Å². The second-order valence-electron chi connectivity index (χ2n) is 5.38. The molecule has 4 nitrogen and oxygen atoms in total. The largest absolute Gasteiger partial charge is 0.417 e. The van der Waals surface area contributed by atoms with Gasteiger partial charge in [-0.15, -0.1) is 0 Å². The third-order valence-electron chi connectivity index (χ3n) is 3.55. The zero-order valence-corrected chi connectivity index (χ0v) is 12.8. The van der Waals surface area contributed by atoms with E-state index in [1.807, 2.05) is 0 Å². The van der Waals surface area contributed by atoms with E-state index in [9.17, 15) is 21.6 Å². The summed E-state index contributed by atoms with van der Waals surface area (Å²) in [5, 5.41) is 0. The summed E-state index contributed by atoms with van der Waals surface area (Å²) in [6, 6.07) is 4.07. The van der Waals surface area contributed by atoms with Crippen molar-refractivity contribution in [3.63, 3.8) is 0 Å². The minimum atomic E-state index is -4.75. The molecule has 0 aliphatic rings. The van der Waals surface area contributed by atoms with Crippen LogP contribution in [0.25, 0.3) is 0 Å². The smallest absolute Gasteiger partial charge is 0.329 e. The minimum Gasteiger partial charge on any atom is -0.329 e. The lowest BCUT2D eigenvalue weighted by Crippen LogP contribution is -2.55. The lowest BCUT2D eigenvalue weighted by molar-refractivity contribution is -0.139. The maximum atomic E-state index is 12.9. The first kappa shape index (κ1) is 17.9. The molecule has 0 aliphatic carbocycles. The molecule has 0 amide bonds. The van der Waals surface area contributed by atoms with E-state index in [0.717, 1.165) is 18.2 Å². The van der Waals surface area contributed by atoms with Crippen LogP contribution in [0.15, 0.2) is 29.2 Å². The molecule has 1 unspecified atom stereocenters. The summed E-state index contributed by atoms with van der Waals surface area (Å²) < 4.78 is 65.7. The van der Waals surface area contributed by atoms with Crippen LogP contribution in [0.2, 0.25) is 0 Å². The van der Waals surface area contributed by atoms with Crippen molar-refractivity contribution in [3.8, 4) is 0 Å². The number of hydrogen-bond donors (Lipinski definition) is 2. The van der Waals surface area contributed by atoms with Gasteiger partial charge < -0.3 is 5.73 Å². The van der Waals surface area contributed by atoms with Crippen molar-refractivity contribution in [2.24, 2.45) is 11.7 Å². The van der Waals surface area contributed by atoms with Crippen LogP contribution >= 0.6 is 0 Å². The Labute approximate surface area is 122 Å². The van der Waals surface area contributed by atoms with E-state index in [-0.39, 0.29) is 12.5 Å². The highest BCUT2D eigenvalue weighted by atomic mass is 32.2. The van der Waals surface area contributed by atoms with Crippen molar-refractivity contribution >= 4 is 10.0 Å². The van der Waals surface area contributed by atoms with Gasteiger partial charge in [0.2, 0.25) is 10.0 Å². The molecule has 0 bridgehead atoms. The van der Waals surface area contributed by atoms with E-state index in [1.165, 1.54) is 6.07 Å². The number of hydrogen-bond acceptors (Lipinski definition) is 3. The fourth-order valence-corrected chi connectivity index (χ4v) is 3.47. The summed E-state index contributed by atoms with van der Waals surface area (Å²) in [5.41, 5.74) is 3.34. The van der Waals surface area contributed by atoms with Crippen molar-refractivity contribution in [2.75, 3.05) is 6.54 Å². The van der Waals surface area contributed by atoms with Crippen LogP contribution in [0.3, 0.4) is 0 Å². The summed E-state index contributed by atoms with van der Waals surface area (Å²) in [6.07, 6.45) is -4.75. The van der Waals surface area contributed by atoms with Gasteiger partial charge in [0.05, 0.1) is 10.5 Å². The molecule has 1 aromatic rings. The van der Waals surface area contributed by atoms with Crippen molar-refractivity contribution in [1.82, 2.24) is 4.72 Å². The Hall–Kier alpha value is -1.12. The topological polar surface area (TPSA) is 72.2 Å². The summed E-state index contributed by atoms with van der Waals surface area (Å²) in [5.74, 6) is -0.185. The third kappa shape index (κ3) is 3.96. The highest BCUT2D eigenvalue weighted by molar-refractivity contribution is 7.89. The van der Waals surface area contributed by atoms with Gasteiger partial charge >= 0.3 is 6.18 Å². The molecule has 1 aromatic carbocycles. The van der Waals surface area contributed by atoms with E-state index >= 15 is 0 Å². The second kappa shape index (κ2) is 5.94. The molecule has 0 saturated carbocycles. The Morgan fingerprint density at radius 3 is 2.19 bits per heavy atom. The van der Waals surface area contributed by atoms with Gasteiger partial charge in [-0.3, -0.25) is 0 Å². The van der Waals surface area contributed by atoms with Gasteiger partial charge in [0.1, 0.15) is 0 Å². The van der Waals surface area contributed by atoms with Gasteiger partial charge in [0, 0.05) is 12.1 Å². The number of sulfonamides is 1. The van der Waals surface area contributed by atoms with Gasteiger partial charge in [0.25, 0.3) is 0 Å². The molecule has 1 rings (SSSR count). The molecule has 0 aliphatic heterocycles. The predicted octanol–water partition coefficient (Wildman–Crippen LogP) is 2.36. The maximum Gasteiger partial charge on any atom is 0.417 e. The van der Waals surface area contributed by atoms with E-state index in [2.05, 4.69) is 4.72 Å². The average molecular weight is 324 g/mol. The Balaban J connectivity index is 3.34. The standard InChI is InChI=1S/C13H19F3N2O2S/c1-9(2)12(3,8-17)18-21(19,20)11-7-5-4-6-10(11)13(14,15)16/h4-7,9,18H,8,17H2,1-3H3. The van der Waals surface area contributed by atoms with Crippen LogP contribution in [0, 0.1) is 5.92 Å². The van der Waals surface area contributed by atoms with E-state index in [1.54, 1.807) is 20.8 Å². The van der Waals surface area contributed by atoms with Gasteiger partial charge in [-0.05, 0) is 25.0 Å². The third-order valence-corrected chi connectivity index (χ3v) is 5.22. The molecular weight excluding hydrogens is 305 g/mol. The molecular formula is C13H19F3N2O2S. The normalized spacial score (nSPS) is 16.0. The Morgan fingerprint density at radius 2 is 1.76 bits per heavy atom. The zero-order valence-electron chi connectivity index (χ0n) is 12.0. The molecule has 1 atom stereocenters. The molecule has 0 saturated heterocycles. The number of alkyl halides is 3. The van der Waals surface area contributed by atoms with Crippen molar-refractivity contribution in [1.29, 1.82) is 0 Å². The van der Waals surface area contributed by atoms with Gasteiger partial charge in [-0.25, -0.2) is 13.1 Å². The van der Waals surface area contributed by atoms with Gasteiger partial charge in [-0.2, -0.15) is 13.2 Å². The van der Waals surface area contributed by atoms with Gasteiger partial charge in [-0.1, -0.05) is 26.0 Å². The summed E-state index contributed by atoms with van der Waals surface area (Å²) in [6.45, 7) is 5.01. The number of benzene rings is 1. The maximum absolute atomic E-state index is 12.9. The quantitative estimate of drug-likeness (QED) is 0.873. The molecule has 120 valence electrons. The monoisotopic (exact) mass is 324 g/mol. The average Bonchev–Trinajstić information content (AvgIpc) is 2.37. The Bertz CT molecular complexity index is 600. The number of nitrogens with one attached hydrogen (secondary N) is 1. The molecule has 8 heteroatoms. The SMILES string of the molecule is CC(C)C(C)(CN)NS(=O)(=O)c1ccccc1C(F)(F)F. The molecule has 0 aromatic heterocycles. The van der Waals surface area contributed by atoms with Crippen molar-refractivity contribution < 1.29 is 21.6 Å². The second-order valence-corrected chi connectivity index (χ2v) is 7.03. The first-order chi connectivity index (χ1) is 9.44. The molecule has 0 radical (unpaired) electrons. The highest BCUT2D eigenvalue weighted by Crippen LogP contribution is 2.34. The van der Waals surface area contributed by atoms with Crippen molar-refractivity contribution in [2.45, 2.75) is 37.4 Å². The lowest BCUT2D eigenvalue weighted by atomic mass is 9.90. The number of halogens is 3. The fourth-order valence-electron chi connectivity index (χ4n) is 1.69.